The molecule has 0 N–H and O–H groups in total. The summed E-state index contributed by atoms with van der Waals surface area (Å²) in [6.07, 6.45) is 1.07. The van der Waals surface area contributed by atoms with Gasteiger partial charge in [0, 0.05) is 0 Å². The summed E-state index contributed by atoms with van der Waals surface area (Å²) < 4.78 is 0. The zero-order valence-electron chi connectivity index (χ0n) is 6.71. The smallest absolute Gasteiger partial charge is 0.0233 e. The SMILES string of the molecule is CCC(C)=C=C=C(C)C. The predicted octanol–water partition coefficient (Wildman–Crippen LogP) is 3.06. The van der Waals surface area contributed by atoms with Crippen LogP contribution in [0.3, 0.4) is 0 Å². The van der Waals surface area contributed by atoms with Crippen LogP contribution in [0.5, 0.6) is 0 Å². The van der Waals surface area contributed by atoms with Gasteiger partial charge in [-0.15, -0.1) is 0 Å². The third-order valence-corrected chi connectivity index (χ3v) is 1.06. The zero-order valence-corrected chi connectivity index (χ0v) is 6.71. The van der Waals surface area contributed by atoms with Gasteiger partial charge in [-0.3, -0.25) is 0 Å². The van der Waals surface area contributed by atoms with Crippen LogP contribution in [0.2, 0.25) is 0 Å². The fourth-order valence-electron chi connectivity index (χ4n) is 0.320. The van der Waals surface area contributed by atoms with Crippen LogP contribution in [0.1, 0.15) is 34.1 Å². The van der Waals surface area contributed by atoms with Crippen LogP contribution >= 0.6 is 0 Å². The van der Waals surface area contributed by atoms with Crippen molar-refractivity contribution in [2.75, 3.05) is 0 Å². The minimum atomic E-state index is 1.07. The molecule has 0 heterocycles. The fraction of sp³-hybridized carbons (Fsp3) is 0.556. The van der Waals surface area contributed by atoms with E-state index in [1.165, 1.54) is 11.1 Å². The Bertz CT molecular complexity index is 168. The van der Waals surface area contributed by atoms with Crippen molar-refractivity contribution in [1.82, 2.24) is 0 Å². The molecule has 0 nitrogen and oxygen atoms in total. The molecule has 0 spiro atoms. The number of hydrogen-bond donors (Lipinski definition) is 0. The molecule has 0 amide bonds. The predicted molar refractivity (Wildman–Crippen MR) is 41.4 cm³/mol. The minimum absolute atomic E-state index is 1.07. The monoisotopic (exact) mass is 122 g/mol. The van der Waals surface area contributed by atoms with E-state index < -0.39 is 0 Å². The average Bonchev–Trinajstić information content (AvgIpc) is 1.83. The molecule has 0 aromatic rings. The first-order chi connectivity index (χ1) is 4.16. The van der Waals surface area contributed by atoms with Crippen molar-refractivity contribution in [3.8, 4) is 0 Å². The summed E-state index contributed by atoms with van der Waals surface area (Å²) in [5.74, 6) is 0. The van der Waals surface area contributed by atoms with E-state index in [4.69, 9.17) is 0 Å². The highest BCUT2D eigenvalue weighted by Gasteiger charge is 1.75. The lowest BCUT2D eigenvalue weighted by Gasteiger charge is -1.81. The molecule has 0 saturated heterocycles. The van der Waals surface area contributed by atoms with Crippen LogP contribution in [0.4, 0.5) is 0 Å². The molecule has 0 saturated carbocycles. The summed E-state index contributed by atoms with van der Waals surface area (Å²) in [4.78, 5) is 0. The first-order valence-corrected chi connectivity index (χ1v) is 3.31. The van der Waals surface area contributed by atoms with E-state index in [1.807, 2.05) is 13.8 Å². The molecular formula is C9H14. The lowest BCUT2D eigenvalue weighted by Crippen LogP contribution is -1.63. The third kappa shape index (κ3) is 5.17. The van der Waals surface area contributed by atoms with Gasteiger partial charge in [-0.25, -0.2) is 0 Å². The van der Waals surface area contributed by atoms with Crippen LogP contribution in [0, 0.1) is 0 Å². The Morgan fingerprint density at radius 2 is 1.67 bits per heavy atom. The largest absolute Gasteiger partial charge is 0.0718 e. The standard InChI is InChI=1S/C9H14/c1-5-9(4)7-6-8(2)3/h5H2,1-4H3. The Morgan fingerprint density at radius 3 is 2.00 bits per heavy atom. The summed E-state index contributed by atoms with van der Waals surface area (Å²) in [6, 6.07) is 0. The van der Waals surface area contributed by atoms with E-state index in [-0.39, 0.29) is 0 Å². The van der Waals surface area contributed by atoms with E-state index in [0.29, 0.717) is 0 Å². The molecule has 9 heavy (non-hydrogen) atoms. The molecule has 0 aromatic carbocycles. The highest BCUT2D eigenvalue weighted by Crippen LogP contribution is 1.93. The second-order valence-corrected chi connectivity index (χ2v) is 2.38. The van der Waals surface area contributed by atoms with Crippen molar-refractivity contribution < 1.29 is 0 Å². The van der Waals surface area contributed by atoms with Crippen molar-refractivity contribution in [3.05, 3.63) is 22.6 Å². The van der Waals surface area contributed by atoms with Crippen LogP contribution in [0.25, 0.3) is 0 Å². The van der Waals surface area contributed by atoms with Gasteiger partial charge in [0.15, 0.2) is 0 Å². The van der Waals surface area contributed by atoms with Crippen molar-refractivity contribution in [3.63, 3.8) is 0 Å². The Balaban J connectivity index is 4.44. The van der Waals surface area contributed by atoms with Gasteiger partial charge in [-0.1, -0.05) is 18.4 Å². The number of rotatable bonds is 1. The summed E-state index contributed by atoms with van der Waals surface area (Å²) in [5, 5.41) is 0. The van der Waals surface area contributed by atoms with E-state index in [0.717, 1.165) is 6.42 Å². The van der Waals surface area contributed by atoms with Crippen LogP contribution in [0.15, 0.2) is 22.6 Å². The molecule has 0 aliphatic rings. The maximum absolute atomic E-state index is 3.06. The molecular weight excluding hydrogens is 108 g/mol. The quantitative estimate of drug-likeness (QED) is 0.469. The Kier molecular flexibility index (Phi) is 3.88. The molecule has 0 aliphatic carbocycles. The van der Waals surface area contributed by atoms with E-state index in [2.05, 4.69) is 25.3 Å². The number of hydrogen-bond acceptors (Lipinski definition) is 0. The van der Waals surface area contributed by atoms with E-state index in [9.17, 15) is 0 Å². The van der Waals surface area contributed by atoms with Gasteiger partial charge in [0.1, 0.15) is 0 Å². The lowest BCUT2D eigenvalue weighted by atomic mass is 10.2. The van der Waals surface area contributed by atoms with Crippen molar-refractivity contribution >= 4 is 0 Å². The molecule has 0 aromatic heterocycles. The third-order valence-electron chi connectivity index (χ3n) is 1.06. The van der Waals surface area contributed by atoms with Crippen LogP contribution in [-0.4, -0.2) is 0 Å². The van der Waals surface area contributed by atoms with Gasteiger partial charge in [0.2, 0.25) is 0 Å². The highest BCUT2D eigenvalue weighted by molar-refractivity contribution is 5.00. The lowest BCUT2D eigenvalue weighted by molar-refractivity contribution is 1.10. The van der Waals surface area contributed by atoms with Gasteiger partial charge >= 0.3 is 0 Å². The molecule has 0 unspecified atom stereocenters. The maximum atomic E-state index is 3.06. The average molecular weight is 122 g/mol. The van der Waals surface area contributed by atoms with Gasteiger partial charge in [-0.05, 0) is 38.3 Å². The van der Waals surface area contributed by atoms with E-state index >= 15 is 0 Å². The van der Waals surface area contributed by atoms with Crippen LogP contribution in [-0.2, 0) is 0 Å². The van der Waals surface area contributed by atoms with Gasteiger partial charge in [0.25, 0.3) is 0 Å². The summed E-state index contributed by atoms with van der Waals surface area (Å²) >= 11 is 0. The van der Waals surface area contributed by atoms with E-state index in [1.54, 1.807) is 0 Å². The van der Waals surface area contributed by atoms with Crippen LogP contribution < -0.4 is 0 Å². The molecule has 0 bridgehead atoms. The minimum Gasteiger partial charge on any atom is -0.0718 e. The molecule has 0 aliphatic heterocycles. The molecule has 0 fully saturated rings. The van der Waals surface area contributed by atoms with Crippen molar-refractivity contribution in [2.45, 2.75) is 34.1 Å². The number of allylic oxidation sites excluding steroid dienone is 2. The summed E-state index contributed by atoms with van der Waals surface area (Å²) in [7, 11) is 0. The zero-order chi connectivity index (χ0) is 7.28. The fourth-order valence-corrected chi connectivity index (χ4v) is 0.320. The second-order valence-electron chi connectivity index (χ2n) is 2.38. The Labute approximate surface area is 57.6 Å². The molecule has 0 atom stereocenters. The first kappa shape index (κ1) is 8.30. The summed E-state index contributed by atoms with van der Waals surface area (Å²) in [5.41, 5.74) is 8.53. The summed E-state index contributed by atoms with van der Waals surface area (Å²) in [6.45, 7) is 8.23. The molecule has 0 radical (unpaired) electrons. The Hall–Kier alpha value is -0.700. The highest BCUT2D eigenvalue weighted by atomic mass is 13.8. The molecule has 0 heteroatoms. The normalized spacial score (nSPS) is 7.56. The van der Waals surface area contributed by atoms with Gasteiger partial charge < -0.3 is 0 Å². The van der Waals surface area contributed by atoms with Gasteiger partial charge in [-0.2, -0.15) is 0 Å². The van der Waals surface area contributed by atoms with Crippen molar-refractivity contribution in [2.24, 2.45) is 0 Å². The Morgan fingerprint density at radius 1 is 1.11 bits per heavy atom. The topological polar surface area (TPSA) is 0 Å². The maximum Gasteiger partial charge on any atom is -0.0233 e. The first-order valence-electron chi connectivity index (χ1n) is 3.31. The second kappa shape index (κ2) is 4.21. The van der Waals surface area contributed by atoms with Crippen molar-refractivity contribution in [1.29, 1.82) is 0 Å². The molecule has 50 valence electrons. The molecule has 0 rings (SSSR count). The van der Waals surface area contributed by atoms with Gasteiger partial charge in [0.05, 0.1) is 0 Å².